The Morgan fingerprint density at radius 2 is 2.00 bits per heavy atom. The Kier molecular flexibility index (Phi) is 3.10. The van der Waals surface area contributed by atoms with Crippen LogP contribution in [0.1, 0.15) is 0 Å². The first-order valence-corrected chi connectivity index (χ1v) is 2.28. The van der Waals surface area contributed by atoms with Gasteiger partial charge >= 0.3 is 45.9 Å². The van der Waals surface area contributed by atoms with Crippen LogP contribution in [0.3, 0.4) is 0 Å². The zero-order chi connectivity index (χ0) is 3.58. The van der Waals surface area contributed by atoms with Crippen molar-refractivity contribution >= 4 is 30.3 Å². The van der Waals surface area contributed by atoms with Gasteiger partial charge in [-0.05, 0) is 0 Å². The van der Waals surface area contributed by atoms with Crippen molar-refractivity contribution < 1.29 is 15.6 Å². The fraction of sp³-hybridized carbons (Fsp3) is 0. The van der Waals surface area contributed by atoms with Crippen LogP contribution in [0.25, 0.3) is 0 Å². The first-order chi connectivity index (χ1) is 1.73. The molecule has 0 aliphatic carbocycles. The van der Waals surface area contributed by atoms with Crippen LogP contribution in [0, 0.1) is 0 Å². The van der Waals surface area contributed by atoms with Crippen molar-refractivity contribution in [2.24, 2.45) is 0 Å². The van der Waals surface area contributed by atoms with Gasteiger partial charge in [0.25, 0.3) is 0 Å². The van der Waals surface area contributed by atoms with Crippen LogP contribution in [-0.4, -0.2) is 2.79 Å². The van der Waals surface area contributed by atoms with Crippen LogP contribution >= 0.6 is 27.5 Å². The molecule has 3 heteroatoms. The number of hydrogen-bond acceptors (Lipinski definition) is 0. The summed E-state index contributed by atoms with van der Waals surface area (Å²) < 4.78 is 0.451. The predicted octanol–water partition coefficient (Wildman–Crippen LogP) is 1.25. The van der Waals surface area contributed by atoms with Crippen LogP contribution in [0.15, 0.2) is 0 Å². The van der Waals surface area contributed by atoms with E-state index in [4.69, 9.17) is 11.6 Å². The zero-order valence-electron chi connectivity index (χ0n) is 1.61. The molecule has 0 aromatic heterocycles. The maximum absolute atomic E-state index is 5.00. The van der Waals surface area contributed by atoms with Gasteiger partial charge in [-0.15, -0.1) is 0 Å². The number of rotatable bonds is 0. The average Bonchev–Trinajstić information content (AvgIpc) is 0.811. The Bertz CT molecular complexity index is 31.0. The predicted molar refractivity (Wildman–Crippen MR) is 19.8 cm³/mol. The van der Waals surface area contributed by atoms with Crippen molar-refractivity contribution in [1.29, 1.82) is 0 Å². The summed E-state index contributed by atoms with van der Waals surface area (Å²) in [7, 11) is 0. The van der Waals surface area contributed by atoms with Gasteiger partial charge in [0.15, 0.2) is 0 Å². The van der Waals surface area contributed by atoms with E-state index in [1.807, 2.05) is 0 Å². The molecule has 0 aromatic carbocycles. The summed E-state index contributed by atoms with van der Waals surface area (Å²) in [6.07, 6.45) is 0. The van der Waals surface area contributed by atoms with E-state index in [0.29, 0.717) is 2.79 Å². The maximum atomic E-state index is 5.00. The number of hydrogen-bond donors (Lipinski definition) is 0. The molecular weight excluding hydrogens is 183 g/mol. The summed E-state index contributed by atoms with van der Waals surface area (Å²) in [4.78, 5) is 0. The Morgan fingerprint density at radius 3 is 2.00 bits per heavy atom. The third-order valence-corrected chi connectivity index (χ3v) is 0. The molecule has 0 heterocycles. The normalized spacial score (nSPS) is 6.50. The molecule has 0 spiro atoms. The van der Waals surface area contributed by atoms with Crippen molar-refractivity contribution in [2.45, 2.75) is 0 Å². The Labute approximate surface area is 46.0 Å². The van der Waals surface area contributed by atoms with Crippen LogP contribution in [0.5, 0.6) is 0 Å². The van der Waals surface area contributed by atoms with Gasteiger partial charge in [0.1, 0.15) is 0 Å². The molecule has 0 unspecified atom stereocenters. The molecule has 0 N–H and O–H groups in total. The molecule has 0 saturated carbocycles. The second-order valence-electron chi connectivity index (χ2n) is 0.205. The molecular formula is CBrClFe+. The molecule has 0 aliphatic heterocycles. The van der Waals surface area contributed by atoms with Crippen LogP contribution in [-0.2, 0) is 15.6 Å². The number of halogens is 2. The summed E-state index contributed by atoms with van der Waals surface area (Å²) in [6, 6.07) is 0. The zero-order valence-corrected chi connectivity index (χ0v) is 5.06. The van der Waals surface area contributed by atoms with E-state index in [0.717, 1.165) is 0 Å². The van der Waals surface area contributed by atoms with E-state index in [9.17, 15) is 0 Å². The van der Waals surface area contributed by atoms with Gasteiger partial charge in [0.2, 0.25) is 0 Å². The van der Waals surface area contributed by atoms with Crippen molar-refractivity contribution in [3.8, 4) is 0 Å². The van der Waals surface area contributed by atoms with E-state index < -0.39 is 0 Å². The molecule has 0 nitrogen and oxygen atoms in total. The molecule has 0 amide bonds. The fourth-order valence-electron chi connectivity index (χ4n) is 0. The molecule has 25 valence electrons. The van der Waals surface area contributed by atoms with Crippen molar-refractivity contribution in [3.05, 3.63) is 0 Å². The van der Waals surface area contributed by atoms with Crippen LogP contribution in [0.2, 0.25) is 0 Å². The van der Waals surface area contributed by atoms with Crippen molar-refractivity contribution in [2.75, 3.05) is 0 Å². The first kappa shape index (κ1) is 5.16. The molecule has 0 rings (SSSR count). The Balaban J connectivity index is 2.80. The fourth-order valence-corrected chi connectivity index (χ4v) is 0. The molecule has 0 bridgehead atoms. The quantitative estimate of drug-likeness (QED) is 0.496. The van der Waals surface area contributed by atoms with E-state index in [2.05, 4.69) is 31.5 Å². The first-order valence-electron chi connectivity index (χ1n) is 0.555. The molecule has 0 aromatic rings. The standard InChI is InChI=1S/CBrCl.Fe/c2-1-3;/q;+1. The summed E-state index contributed by atoms with van der Waals surface area (Å²) in [5, 5.41) is 0. The summed E-state index contributed by atoms with van der Waals surface area (Å²) in [6.45, 7) is 0. The van der Waals surface area contributed by atoms with Gasteiger partial charge in [-0.3, -0.25) is 0 Å². The second kappa shape index (κ2) is 2.40. The Hall–Kier alpha value is 1.16. The molecule has 0 fully saturated rings. The molecule has 0 aliphatic rings. The van der Waals surface area contributed by atoms with Gasteiger partial charge in [-0.25, -0.2) is 0 Å². The Morgan fingerprint density at radius 1 is 2.00 bits per heavy atom. The summed E-state index contributed by atoms with van der Waals surface area (Å²) >= 11 is 11.1. The van der Waals surface area contributed by atoms with E-state index >= 15 is 0 Å². The summed E-state index contributed by atoms with van der Waals surface area (Å²) in [5.41, 5.74) is 0. The van der Waals surface area contributed by atoms with E-state index in [-0.39, 0.29) is 0 Å². The third kappa shape index (κ3) is 11.0. The summed E-state index contributed by atoms with van der Waals surface area (Å²) in [5.74, 6) is 0. The molecule has 0 atom stereocenters. The molecule has 4 heavy (non-hydrogen) atoms. The monoisotopic (exact) mass is 182 g/mol. The minimum atomic E-state index is 0.451. The van der Waals surface area contributed by atoms with Crippen LogP contribution < -0.4 is 0 Å². The van der Waals surface area contributed by atoms with Crippen LogP contribution in [0.4, 0.5) is 0 Å². The molecule has 0 saturated heterocycles. The average molecular weight is 183 g/mol. The van der Waals surface area contributed by atoms with Gasteiger partial charge in [0.05, 0.1) is 0 Å². The minimum absolute atomic E-state index is 0.451. The van der Waals surface area contributed by atoms with Crippen molar-refractivity contribution in [1.82, 2.24) is 0 Å². The molecule has 0 radical (unpaired) electrons. The second-order valence-corrected chi connectivity index (χ2v) is 3.37. The van der Waals surface area contributed by atoms with E-state index in [1.54, 1.807) is 0 Å². The van der Waals surface area contributed by atoms with E-state index in [1.165, 1.54) is 0 Å². The SMILES string of the molecule is Cl[C](=[Fe+])Br. The van der Waals surface area contributed by atoms with Gasteiger partial charge in [0, 0.05) is 0 Å². The topological polar surface area (TPSA) is 0 Å². The van der Waals surface area contributed by atoms with Gasteiger partial charge in [-0.1, -0.05) is 0 Å². The van der Waals surface area contributed by atoms with Gasteiger partial charge in [-0.2, -0.15) is 0 Å². The third-order valence-electron chi connectivity index (χ3n) is 0. The van der Waals surface area contributed by atoms with Crippen molar-refractivity contribution in [3.63, 3.8) is 0 Å². The van der Waals surface area contributed by atoms with Gasteiger partial charge < -0.3 is 0 Å².